The maximum Gasteiger partial charge on any atom is 0.188 e. The first-order chi connectivity index (χ1) is 9.47. The Kier molecular flexibility index (Phi) is 4.42. The van der Waals surface area contributed by atoms with E-state index in [1.165, 1.54) is 24.3 Å². The Bertz CT molecular complexity index is 696. The van der Waals surface area contributed by atoms with Gasteiger partial charge in [-0.05, 0) is 42.0 Å². The number of carbonyl (C=O) groups excluding carboxylic acids is 1. The first-order valence-electron chi connectivity index (χ1n) is 5.63. The lowest BCUT2D eigenvalue weighted by atomic mass is 10.1. The normalized spacial score (nSPS) is 10.9. The molecule has 2 rings (SSSR count). The van der Waals surface area contributed by atoms with Gasteiger partial charge in [-0.25, -0.2) is 4.39 Å². The quantitative estimate of drug-likeness (QED) is 0.657. The molecule has 0 spiro atoms. The van der Waals surface area contributed by atoms with Crippen LogP contribution in [0.3, 0.4) is 0 Å². The van der Waals surface area contributed by atoms with Crippen molar-refractivity contribution in [2.75, 3.05) is 0 Å². The predicted octanol–water partition coefficient (Wildman–Crippen LogP) is 4.73. The van der Waals surface area contributed by atoms with Crippen molar-refractivity contribution in [1.29, 1.82) is 0 Å². The Morgan fingerprint density at radius 2 is 1.90 bits per heavy atom. The number of benzene rings is 2. The molecule has 5 heteroatoms. The standard InChI is InChI=1S/C15H9Cl2FO2/c16-10-3-1-9(13(17)7-10)2-6-15(20)12-5-4-11(19)8-14(12)18/h1-8,19H. The third kappa shape index (κ3) is 3.38. The van der Waals surface area contributed by atoms with Gasteiger partial charge in [0.15, 0.2) is 5.78 Å². The second-order valence-electron chi connectivity index (χ2n) is 4.03. The van der Waals surface area contributed by atoms with Crippen LogP contribution in [0, 0.1) is 5.82 Å². The minimum atomic E-state index is -0.776. The van der Waals surface area contributed by atoms with Crippen LogP contribution in [0.15, 0.2) is 42.5 Å². The molecule has 1 N–H and O–H groups in total. The zero-order valence-corrected chi connectivity index (χ0v) is 11.6. The molecule has 0 aliphatic rings. The molecule has 20 heavy (non-hydrogen) atoms. The van der Waals surface area contributed by atoms with Gasteiger partial charge in [0.2, 0.25) is 0 Å². The Morgan fingerprint density at radius 3 is 2.55 bits per heavy atom. The number of ketones is 1. The van der Waals surface area contributed by atoms with Gasteiger partial charge in [-0.3, -0.25) is 4.79 Å². The number of phenolic OH excluding ortho intramolecular Hbond substituents is 1. The maximum absolute atomic E-state index is 13.5. The third-order valence-electron chi connectivity index (χ3n) is 2.59. The lowest BCUT2D eigenvalue weighted by Crippen LogP contribution is -1.98. The van der Waals surface area contributed by atoms with Crippen molar-refractivity contribution in [2.45, 2.75) is 0 Å². The molecule has 102 valence electrons. The van der Waals surface area contributed by atoms with Crippen LogP contribution < -0.4 is 0 Å². The van der Waals surface area contributed by atoms with Crippen molar-refractivity contribution >= 4 is 35.1 Å². The van der Waals surface area contributed by atoms with Crippen LogP contribution in [0.25, 0.3) is 6.08 Å². The predicted molar refractivity (Wildman–Crippen MR) is 77.9 cm³/mol. The van der Waals surface area contributed by atoms with Gasteiger partial charge in [0, 0.05) is 16.1 Å². The van der Waals surface area contributed by atoms with Gasteiger partial charge < -0.3 is 5.11 Å². The lowest BCUT2D eigenvalue weighted by molar-refractivity contribution is 0.104. The fraction of sp³-hybridized carbons (Fsp3) is 0. The number of rotatable bonds is 3. The van der Waals surface area contributed by atoms with Gasteiger partial charge in [0.05, 0.1) is 5.56 Å². The van der Waals surface area contributed by atoms with Crippen LogP contribution in [0.5, 0.6) is 5.75 Å². The van der Waals surface area contributed by atoms with Gasteiger partial charge in [0.1, 0.15) is 11.6 Å². The largest absolute Gasteiger partial charge is 0.508 e. The summed E-state index contributed by atoms with van der Waals surface area (Å²) in [5.41, 5.74) is 0.479. The Labute approximate surface area is 125 Å². The zero-order chi connectivity index (χ0) is 14.7. The van der Waals surface area contributed by atoms with E-state index in [1.54, 1.807) is 18.2 Å². The van der Waals surface area contributed by atoms with E-state index < -0.39 is 11.6 Å². The van der Waals surface area contributed by atoms with E-state index in [4.69, 9.17) is 28.3 Å². The third-order valence-corrected chi connectivity index (χ3v) is 3.16. The highest BCUT2D eigenvalue weighted by molar-refractivity contribution is 6.35. The van der Waals surface area contributed by atoms with E-state index in [-0.39, 0.29) is 11.3 Å². The summed E-state index contributed by atoms with van der Waals surface area (Å²) in [4.78, 5) is 11.9. The lowest BCUT2D eigenvalue weighted by Gasteiger charge is -2.00. The molecule has 0 heterocycles. The number of allylic oxidation sites excluding steroid dienone is 1. The summed E-state index contributed by atoms with van der Waals surface area (Å²) in [6.07, 6.45) is 2.69. The number of hydrogen-bond donors (Lipinski definition) is 1. The smallest absolute Gasteiger partial charge is 0.188 e. The number of carbonyl (C=O) groups is 1. The molecule has 0 fully saturated rings. The fourth-order valence-corrected chi connectivity index (χ4v) is 2.07. The number of hydrogen-bond acceptors (Lipinski definition) is 2. The van der Waals surface area contributed by atoms with Crippen molar-refractivity contribution in [3.8, 4) is 5.75 Å². The second kappa shape index (κ2) is 6.07. The van der Waals surface area contributed by atoms with Crippen LogP contribution in [0.1, 0.15) is 15.9 Å². The van der Waals surface area contributed by atoms with Crippen molar-refractivity contribution in [3.05, 3.63) is 69.5 Å². The van der Waals surface area contributed by atoms with Gasteiger partial charge >= 0.3 is 0 Å². The molecule has 0 amide bonds. The van der Waals surface area contributed by atoms with E-state index in [1.807, 2.05) is 0 Å². The molecule has 2 nitrogen and oxygen atoms in total. The molecular formula is C15H9Cl2FO2. The van der Waals surface area contributed by atoms with Gasteiger partial charge in [-0.15, -0.1) is 0 Å². The minimum absolute atomic E-state index is 0.121. The molecular weight excluding hydrogens is 302 g/mol. The SMILES string of the molecule is O=C(C=Cc1ccc(Cl)cc1Cl)c1ccc(O)cc1F. The van der Waals surface area contributed by atoms with Gasteiger partial charge in [-0.1, -0.05) is 29.3 Å². The van der Waals surface area contributed by atoms with Crippen LogP contribution in [-0.4, -0.2) is 10.9 Å². The summed E-state index contributed by atoms with van der Waals surface area (Å²) < 4.78 is 13.5. The van der Waals surface area contributed by atoms with Crippen LogP contribution in [-0.2, 0) is 0 Å². The first-order valence-corrected chi connectivity index (χ1v) is 6.39. The molecule has 0 aromatic heterocycles. The van der Waals surface area contributed by atoms with Crippen molar-refractivity contribution < 1.29 is 14.3 Å². The summed E-state index contributed by atoms with van der Waals surface area (Å²) in [5.74, 6) is -1.53. The summed E-state index contributed by atoms with van der Waals surface area (Å²) in [5, 5.41) is 9.98. The fourth-order valence-electron chi connectivity index (χ4n) is 1.60. The van der Waals surface area contributed by atoms with Crippen molar-refractivity contribution in [2.24, 2.45) is 0 Å². The van der Waals surface area contributed by atoms with Gasteiger partial charge in [0.25, 0.3) is 0 Å². The summed E-state index contributed by atoms with van der Waals surface area (Å²) in [6, 6.07) is 8.20. The average Bonchev–Trinajstić information content (AvgIpc) is 2.37. The highest BCUT2D eigenvalue weighted by Crippen LogP contribution is 2.22. The highest BCUT2D eigenvalue weighted by atomic mass is 35.5. The molecule has 0 atom stereocenters. The minimum Gasteiger partial charge on any atom is -0.508 e. The summed E-state index contributed by atoms with van der Waals surface area (Å²) in [7, 11) is 0. The van der Waals surface area contributed by atoms with E-state index in [0.29, 0.717) is 15.6 Å². The Balaban J connectivity index is 2.24. The van der Waals surface area contributed by atoms with Crippen LogP contribution in [0.2, 0.25) is 10.0 Å². The molecule has 2 aromatic rings. The summed E-state index contributed by atoms with van der Waals surface area (Å²) in [6.45, 7) is 0. The van der Waals surface area contributed by atoms with Crippen molar-refractivity contribution in [3.63, 3.8) is 0 Å². The van der Waals surface area contributed by atoms with Crippen LogP contribution >= 0.6 is 23.2 Å². The zero-order valence-electron chi connectivity index (χ0n) is 10.1. The number of phenols is 1. The Morgan fingerprint density at radius 1 is 1.15 bits per heavy atom. The van der Waals surface area contributed by atoms with Gasteiger partial charge in [-0.2, -0.15) is 0 Å². The summed E-state index contributed by atoms with van der Waals surface area (Å²) >= 11 is 11.7. The first kappa shape index (κ1) is 14.6. The topological polar surface area (TPSA) is 37.3 Å². The Hall–Kier alpha value is -1.84. The second-order valence-corrected chi connectivity index (χ2v) is 4.87. The van der Waals surface area contributed by atoms with E-state index in [2.05, 4.69) is 0 Å². The van der Waals surface area contributed by atoms with E-state index in [9.17, 15) is 9.18 Å². The van der Waals surface area contributed by atoms with E-state index >= 15 is 0 Å². The van der Waals surface area contributed by atoms with E-state index in [0.717, 1.165) is 6.07 Å². The molecule has 0 aliphatic heterocycles. The number of halogens is 3. The monoisotopic (exact) mass is 310 g/mol. The molecule has 0 saturated heterocycles. The van der Waals surface area contributed by atoms with Crippen molar-refractivity contribution in [1.82, 2.24) is 0 Å². The molecule has 0 radical (unpaired) electrons. The molecule has 0 saturated carbocycles. The number of aromatic hydroxyl groups is 1. The average molecular weight is 311 g/mol. The highest BCUT2D eigenvalue weighted by Gasteiger charge is 2.09. The maximum atomic E-state index is 13.5. The molecule has 0 unspecified atom stereocenters. The molecule has 0 aliphatic carbocycles. The molecule has 0 bridgehead atoms. The molecule has 2 aromatic carbocycles. The van der Waals surface area contributed by atoms with Crippen LogP contribution in [0.4, 0.5) is 4.39 Å².